The third-order valence-electron chi connectivity index (χ3n) is 2.61. The number of aliphatic hydroxyl groups excluding tert-OH is 1. The van der Waals surface area contributed by atoms with Crippen LogP contribution in [0, 0.1) is 0 Å². The molecule has 0 aliphatic carbocycles. The van der Waals surface area contributed by atoms with Crippen molar-refractivity contribution >= 4 is 12.0 Å². The summed E-state index contributed by atoms with van der Waals surface area (Å²) >= 11 is 0. The van der Waals surface area contributed by atoms with Crippen LogP contribution in [0.1, 0.15) is 26.7 Å². The molecule has 0 rings (SSSR count). The van der Waals surface area contributed by atoms with E-state index in [0.717, 1.165) is 0 Å². The summed E-state index contributed by atoms with van der Waals surface area (Å²) < 4.78 is 0. The molecule has 3 N–H and O–H groups in total. The second-order valence-electron chi connectivity index (χ2n) is 4.28. The highest BCUT2D eigenvalue weighted by Gasteiger charge is 2.34. The number of hydrogen-bond acceptors (Lipinski definition) is 3. The first-order chi connectivity index (χ1) is 8.41. The van der Waals surface area contributed by atoms with Gasteiger partial charge in [0.05, 0.1) is 6.61 Å². The Morgan fingerprint density at radius 3 is 2.50 bits per heavy atom. The summed E-state index contributed by atoms with van der Waals surface area (Å²) in [5.74, 6) is -1.07. The molecule has 0 saturated carbocycles. The molecule has 1 atom stereocenters. The average molecular weight is 258 g/mol. The Kier molecular flexibility index (Phi) is 7.04. The van der Waals surface area contributed by atoms with Gasteiger partial charge in [-0.25, -0.2) is 9.59 Å². The van der Waals surface area contributed by atoms with Gasteiger partial charge in [0.25, 0.3) is 0 Å². The van der Waals surface area contributed by atoms with Crippen LogP contribution in [-0.4, -0.2) is 52.3 Å². The molecular weight excluding hydrogens is 236 g/mol. The maximum absolute atomic E-state index is 11.9. The van der Waals surface area contributed by atoms with E-state index >= 15 is 0 Å². The van der Waals surface area contributed by atoms with E-state index in [-0.39, 0.29) is 19.7 Å². The van der Waals surface area contributed by atoms with E-state index in [1.54, 1.807) is 0 Å². The summed E-state index contributed by atoms with van der Waals surface area (Å²) in [5, 5.41) is 20.5. The number of aliphatic hydroxyl groups is 1. The van der Waals surface area contributed by atoms with Gasteiger partial charge >= 0.3 is 12.0 Å². The van der Waals surface area contributed by atoms with Crippen molar-refractivity contribution in [3.63, 3.8) is 0 Å². The summed E-state index contributed by atoms with van der Waals surface area (Å²) in [6.45, 7) is 7.05. The van der Waals surface area contributed by atoms with E-state index in [0.29, 0.717) is 12.8 Å². The van der Waals surface area contributed by atoms with Crippen LogP contribution in [0.5, 0.6) is 0 Å². The third-order valence-corrected chi connectivity index (χ3v) is 2.61. The van der Waals surface area contributed by atoms with Crippen LogP contribution in [0.4, 0.5) is 4.79 Å². The summed E-state index contributed by atoms with van der Waals surface area (Å²) in [7, 11) is 0. The van der Waals surface area contributed by atoms with Gasteiger partial charge in [0, 0.05) is 13.1 Å². The number of rotatable bonds is 8. The normalized spacial score (nSPS) is 13.5. The first-order valence-corrected chi connectivity index (χ1v) is 5.93. The van der Waals surface area contributed by atoms with Crippen molar-refractivity contribution in [2.45, 2.75) is 32.2 Å². The molecule has 0 bridgehead atoms. The zero-order chi connectivity index (χ0) is 14.2. The van der Waals surface area contributed by atoms with Crippen LogP contribution in [0.2, 0.25) is 0 Å². The Hall–Kier alpha value is -1.56. The van der Waals surface area contributed by atoms with Crippen molar-refractivity contribution in [2.75, 3.05) is 19.7 Å². The number of amides is 2. The second-order valence-corrected chi connectivity index (χ2v) is 4.28. The molecular formula is C12H22N2O4. The molecule has 1 unspecified atom stereocenters. The fraction of sp³-hybridized carbons (Fsp3) is 0.667. The molecule has 0 spiro atoms. The minimum absolute atomic E-state index is 0.139. The molecule has 18 heavy (non-hydrogen) atoms. The highest BCUT2D eigenvalue weighted by molar-refractivity contribution is 5.85. The lowest BCUT2D eigenvalue weighted by molar-refractivity contribution is -0.144. The molecule has 0 fully saturated rings. The monoisotopic (exact) mass is 258 g/mol. The van der Waals surface area contributed by atoms with Crippen LogP contribution in [0.15, 0.2) is 12.7 Å². The Morgan fingerprint density at radius 2 is 2.11 bits per heavy atom. The average Bonchev–Trinajstić information content (AvgIpc) is 2.28. The molecule has 0 aliphatic rings. The number of hydrogen-bond donors (Lipinski definition) is 3. The van der Waals surface area contributed by atoms with Crippen molar-refractivity contribution in [3.05, 3.63) is 12.7 Å². The van der Waals surface area contributed by atoms with E-state index in [1.807, 2.05) is 6.92 Å². The Balaban J connectivity index is 4.75. The van der Waals surface area contributed by atoms with Gasteiger partial charge in [-0.2, -0.15) is 0 Å². The fourth-order valence-electron chi connectivity index (χ4n) is 1.59. The van der Waals surface area contributed by atoms with Crippen LogP contribution in [0.3, 0.4) is 0 Å². The number of carbonyl (C=O) groups is 2. The lowest BCUT2D eigenvalue weighted by atomic mass is 9.96. The number of carbonyl (C=O) groups excluding carboxylic acids is 1. The largest absolute Gasteiger partial charge is 0.480 e. The van der Waals surface area contributed by atoms with Crippen LogP contribution >= 0.6 is 0 Å². The number of nitrogens with one attached hydrogen (secondary N) is 1. The predicted octanol–water partition coefficient (Wildman–Crippen LogP) is 0.820. The molecule has 0 aromatic carbocycles. The minimum atomic E-state index is -1.29. The van der Waals surface area contributed by atoms with Gasteiger partial charge in [-0.15, -0.1) is 6.58 Å². The molecule has 2 amide bonds. The van der Waals surface area contributed by atoms with Crippen LogP contribution in [-0.2, 0) is 4.79 Å². The second kappa shape index (κ2) is 7.71. The van der Waals surface area contributed by atoms with E-state index in [1.165, 1.54) is 17.9 Å². The predicted molar refractivity (Wildman–Crippen MR) is 68.3 cm³/mol. The molecule has 0 saturated heterocycles. The molecule has 0 aliphatic heterocycles. The zero-order valence-electron chi connectivity index (χ0n) is 11.0. The van der Waals surface area contributed by atoms with Crippen molar-refractivity contribution in [3.8, 4) is 0 Å². The van der Waals surface area contributed by atoms with Crippen molar-refractivity contribution in [1.82, 2.24) is 10.2 Å². The summed E-state index contributed by atoms with van der Waals surface area (Å²) in [6.07, 6.45) is 2.51. The van der Waals surface area contributed by atoms with Gasteiger partial charge < -0.3 is 20.4 Å². The maximum atomic E-state index is 11.9. The fourth-order valence-corrected chi connectivity index (χ4v) is 1.59. The first-order valence-electron chi connectivity index (χ1n) is 5.93. The quantitative estimate of drug-likeness (QED) is 0.562. The Labute approximate surface area is 107 Å². The zero-order valence-corrected chi connectivity index (χ0v) is 11.0. The number of carboxylic acids is 1. The van der Waals surface area contributed by atoms with E-state index in [2.05, 4.69) is 11.9 Å². The molecule has 0 radical (unpaired) electrons. The lowest BCUT2D eigenvalue weighted by Crippen LogP contribution is -2.56. The standard InChI is InChI=1S/C12H22N2O4/c1-4-6-12(3,10(16)17)13-11(18)14(7-5-2)8-9-15/h5,15H,2,4,6-9H2,1,3H3,(H,13,18)(H,16,17). The number of aliphatic carboxylic acids is 1. The van der Waals surface area contributed by atoms with Gasteiger partial charge in [-0.05, 0) is 13.3 Å². The number of urea groups is 1. The molecule has 0 heterocycles. The molecule has 0 aromatic heterocycles. The van der Waals surface area contributed by atoms with Crippen molar-refractivity contribution < 1.29 is 19.8 Å². The van der Waals surface area contributed by atoms with Gasteiger partial charge in [-0.3, -0.25) is 0 Å². The van der Waals surface area contributed by atoms with Crippen LogP contribution < -0.4 is 5.32 Å². The van der Waals surface area contributed by atoms with E-state index in [4.69, 9.17) is 10.2 Å². The highest BCUT2D eigenvalue weighted by Crippen LogP contribution is 2.13. The smallest absolute Gasteiger partial charge is 0.329 e. The van der Waals surface area contributed by atoms with Crippen molar-refractivity contribution in [2.24, 2.45) is 0 Å². The summed E-state index contributed by atoms with van der Waals surface area (Å²) in [5.41, 5.74) is -1.29. The molecule has 104 valence electrons. The Morgan fingerprint density at radius 1 is 1.50 bits per heavy atom. The summed E-state index contributed by atoms with van der Waals surface area (Å²) in [6, 6.07) is -0.512. The maximum Gasteiger partial charge on any atom is 0.329 e. The molecule has 6 nitrogen and oxygen atoms in total. The van der Waals surface area contributed by atoms with Crippen molar-refractivity contribution in [1.29, 1.82) is 0 Å². The van der Waals surface area contributed by atoms with Gasteiger partial charge in [0.2, 0.25) is 0 Å². The van der Waals surface area contributed by atoms with Gasteiger partial charge in [0.15, 0.2) is 0 Å². The topological polar surface area (TPSA) is 89.9 Å². The highest BCUT2D eigenvalue weighted by atomic mass is 16.4. The molecule has 6 heteroatoms. The van der Waals surface area contributed by atoms with Gasteiger partial charge in [0.1, 0.15) is 5.54 Å². The minimum Gasteiger partial charge on any atom is -0.480 e. The first kappa shape index (κ1) is 16.4. The molecule has 0 aromatic rings. The van der Waals surface area contributed by atoms with Gasteiger partial charge in [-0.1, -0.05) is 19.4 Å². The lowest BCUT2D eigenvalue weighted by Gasteiger charge is -2.29. The van der Waals surface area contributed by atoms with E-state index < -0.39 is 17.5 Å². The number of nitrogens with zero attached hydrogens (tertiary/aromatic N) is 1. The third kappa shape index (κ3) is 4.75. The van der Waals surface area contributed by atoms with Crippen LogP contribution in [0.25, 0.3) is 0 Å². The summed E-state index contributed by atoms with van der Waals surface area (Å²) in [4.78, 5) is 24.4. The Bertz CT molecular complexity index is 306. The van der Waals surface area contributed by atoms with E-state index in [9.17, 15) is 9.59 Å². The SMILES string of the molecule is C=CCN(CCO)C(=O)NC(C)(CCC)C(=O)O. The number of carboxylic acid groups (broad SMARTS) is 1.